The highest BCUT2D eigenvalue weighted by Gasteiger charge is 2.18. The Labute approximate surface area is 372 Å². The van der Waals surface area contributed by atoms with E-state index in [0.29, 0.717) is 47.0 Å². The average molecular weight is 868 g/mol. The first-order valence-corrected chi connectivity index (χ1v) is 21.1. The van der Waals surface area contributed by atoms with Gasteiger partial charge in [0.1, 0.15) is 30.8 Å². The van der Waals surface area contributed by atoms with Crippen molar-refractivity contribution in [3.8, 4) is 50.9 Å². The third-order valence-corrected chi connectivity index (χ3v) is 11.2. The van der Waals surface area contributed by atoms with Gasteiger partial charge in [0.2, 0.25) is 0 Å². The molecule has 5 N–H and O–H groups in total. The number of aliphatic carboxylic acids is 2. The third kappa shape index (κ3) is 12.5. The molecular formula is C51H50ClN3O8. The van der Waals surface area contributed by atoms with Crippen LogP contribution in [0.25, 0.3) is 33.4 Å². The minimum atomic E-state index is -1.06. The summed E-state index contributed by atoms with van der Waals surface area (Å²) in [5.41, 5.74) is 12.3. The largest absolute Gasteiger partial charge is 0.488 e. The van der Waals surface area contributed by atoms with Crippen LogP contribution < -0.4 is 14.8 Å². The molecule has 0 fully saturated rings. The number of carboxylic acids is 2. The Morgan fingerprint density at radius 1 is 0.714 bits per heavy atom. The van der Waals surface area contributed by atoms with Gasteiger partial charge in [-0.15, -0.1) is 0 Å². The lowest BCUT2D eigenvalue weighted by atomic mass is 9.88. The van der Waals surface area contributed by atoms with Crippen molar-refractivity contribution in [2.75, 3.05) is 6.54 Å². The molecule has 0 amide bonds. The second-order valence-corrected chi connectivity index (χ2v) is 15.9. The molecule has 11 nitrogen and oxygen atoms in total. The number of aliphatic hydroxyl groups is 2. The fourth-order valence-electron chi connectivity index (χ4n) is 7.60. The van der Waals surface area contributed by atoms with Crippen LogP contribution >= 0.6 is 11.6 Å². The number of pyridine rings is 1. The van der Waals surface area contributed by atoms with Crippen molar-refractivity contribution in [1.29, 1.82) is 5.26 Å². The van der Waals surface area contributed by atoms with Crippen LogP contribution in [0.15, 0.2) is 116 Å². The molecule has 1 aromatic heterocycles. The second-order valence-electron chi connectivity index (χ2n) is 15.5. The van der Waals surface area contributed by atoms with E-state index in [1.54, 1.807) is 24.4 Å². The van der Waals surface area contributed by atoms with Gasteiger partial charge < -0.3 is 35.2 Å². The number of aryl methyl sites for hydroxylation is 1. The molecule has 0 aliphatic rings. The molecule has 0 spiro atoms. The fraction of sp³-hybridized carbons (Fsp3) is 0.255. The maximum absolute atomic E-state index is 11.1. The number of aromatic nitrogens is 1. The van der Waals surface area contributed by atoms with Crippen LogP contribution in [-0.4, -0.2) is 56.1 Å². The van der Waals surface area contributed by atoms with Crippen LogP contribution in [0.1, 0.15) is 64.6 Å². The number of hydrogen-bond donors (Lipinski definition) is 5. The van der Waals surface area contributed by atoms with E-state index in [2.05, 4.69) is 84.8 Å². The van der Waals surface area contributed by atoms with Gasteiger partial charge in [-0.25, -0.2) is 0 Å². The van der Waals surface area contributed by atoms with Gasteiger partial charge in [-0.05, 0) is 113 Å². The number of benzene rings is 5. The highest BCUT2D eigenvalue weighted by atomic mass is 35.5. The number of aliphatic hydroxyl groups excluding tert-OH is 2. The molecular weight excluding hydrogens is 818 g/mol. The molecule has 12 heteroatoms. The zero-order valence-electron chi connectivity index (χ0n) is 35.2. The number of halogens is 1. The Bertz CT molecular complexity index is 2590. The van der Waals surface area contributed by atoms with Crippen molar-refractivity contribution in [2.45, 2.75) is 77.9 Å². The molecule has 0 unspecified atom stereocenters. The number of ether oxygens (including phenoxy) is 2. The Hall–Kier alpha value is -6.55. The molecule has 0 radical (unpaired) electrons. The van der Waals surface area contributed by atoms with E-state index < -0.39 is 24.1 Å². The molecule has 324 valence electrons. The summed E-state index contributed by atoms with van der Waals surface area (Å²) in [6.07, 6.45) is 1.76. The second kappa shape index (κ2) is 22.0. The van der Waals surface area contributed by atoms with E-state index in [-0.39, 0.29) is 39.0 Å². The maximum atomic E-state index is 11.1. The predicted molar refractivity (Wildman–Crippen MR) is 242 cm³/mol. The van der Waals surface area contributed by atoms with Crippen molar-refractivity contribution < 1.29 is 39.5 Å². The quantitative estimate of drug-likeness (QED) is 0.0465. The number of nitrogens with zero attached hydrogens (tertiary/aromatic N) is 2. The van der Waals surface area contributed by atoms with Gasteiger partial charge in [0.25, 0.3) is 0 Å². The third-order valence-electron chi connectivity index (χ3n) is 10.9. The topological polar surface area (TPSA) is 182 Å². The van der Waals surface area contributed by atoms with Crippen molar-refractivity contribution in [1.82, 2.24) is 10.3 Å². The first-order valence-electron chi connectivity index (χ1n) is 20.7. The number of carbonyl (C=O) groups is 2. The van der Waals surface area contributed by atoms with E-state index in [0.717, 1.165) is 61.2 Å². The lowest BCUT2D eigenvalue weighted by molar-refractivity contribution is -0.140. The molecule has 0 saturated heterocycles. The van der Waals surface area contributed by atoms with Crippen molar-refractivity contribution >= 4 is 23.5 Å². The SMILES string of the molecule is Cc1c(COc2cc(OCc3cncc(C#N)c3)c(CCC[C@@H](O)CC(=O)O)cc2Cl)cccc1-c1cccc(-c2ccc(CNC[C@@H](O)CC(=O)O)c(-c3ccccc3)c2)c1C. The molecule has 6 aromatic rings. The van der Waals surface area contributed by atoms with Gasteiger partial charge in [-0.2, -0.15) is 5.26 Å². The molecule has 0 aliphatic heterocycles. The molecule has 63 heavy (non-hydrogen) atoms. The summed E-state index contributed by atoms with van der Waals surface area (Å²) in [6, 6.07) is 36.2. The van der Waals surface area contributed by atoms with Crippen LogP contribution in [0.5, 0.6) is 11.5 Å². The van der Waals surface area contributed by atoms with E-state index in [4.69, 9.17) is 31.3 Å². The summed E-state index contributed by atoms with van der Waals surface area (Å²) < 4.78 is 12.7. The lowest BCUT2D eigenvalue weighted by Gasteiger charge is -2.19. The average Bonchev–Trinajstić information content (AvgIpc) is 3.26. The number of nitrogens with one attached hydrogen (secondary N) is 1. The highest BCUT2D eigenvalue weighted by Crippen LogP contribution is 2.38. The fourth-order valence-corrected chi connectivity index (χ4v) is 7.84. The molecule has 5 aromatic carbocycles. The van der Waals surface area contributed by atoms with Gasteiger partial charge in [0.15, 0.2) is 0 Å². The summed E-state index contributed by atoms with van der Waals surface area (Å²) in [5.74, 6) is -1.18. The summed E-state index contributed by atoms with van der Waals surface area (Å²) in [7, 11) is 0. The van der Waals surface area contributed by atoms with Gasteiger partial charge in [-0.1, -0.05) is 90.5 Å². The lowest BCUT2D eigenvalue weighted by Crippen LogP contribution is -2.28. The number of nitriles is 1. The zero-order valence-corrected chi connectivity index (χ0v) is 35.9. The summed E-state index contributed by atoms with van der Waals surface area (Å²) in [5, 5.41) is 51.3. The molecule has 2 atom stereocenters. The minimum absolute atomic E-state index is 0.133. The number of rotatable bonds is 21. The zero-order chi connectivity index (χ0) is 44.9. The van der Waals surface area contributed by atoms with Crippen molar-refractivity contribution in [3.63, 3.8) is 0 Å². The van der Waals surface area contributed by atoms with E-state index in [1.807, 2.05) is 30.3 Å². The number of carboxylic acid groups (broad SMARTS) is 2. The van der Waals surface area contributed by atoms with E-state index in [9.17, 15) is 25.1 Å². The normalized spacial score (nSPS) is 12.0. The highest BCUT2D eigenvalue weighted by molar-refractivity contribution is 6.32. The Balaban J connectivity index is 1.23. The Morgan fingerprint density at radius 2 is 1.41 bits per heavy atom. The summed E-state index contributed by atoms with van der Waals surface area (Å²) in [4.78, 5) is 26.2. The maximum Gasteiger partial charge on any atom is 0.306 e. The van der Waals surface area contributed by atoms with Gasteiger partial charge in [-0.3, -0.25) is 14.6 Å². The summed E-state index contributed by atoms with van der Waals surface area (Å²) >= 11 is 6.83. The molecule has 0 aliphatic carbocycles. The molecule has 1 heterocycles. The standard InChI is InChI=1S/C51H50ClN3O8/c1-32-40(31-63-49-24-48(62-30-35-19-34(25-53)26-54-27-35)38(21-47(49)52)11-6-13-41(56)22-50(58)59)12-7-15-44(32)45-16-8-14-43(33(45)2)37-17-18-39(28-55-29-42(57)23-51(60)61)46(20-37)36-9-4-3-5-10-36/h3-5,7-10,12,14-21,24,26-27,41-42,55-57H,6,11,13,22-23,28-31H2,1-2H3,(H,58,59)(H,60,61)/t41-,42+/m1/s1. The Morgan fingerprint density at radius 3 is 2.16 bits per heavy atom. The first kappa shape index (κ1) is 46.0. The van der Waals surface area contributed by atoms with Crippen molar-refractivity contribution in [3.05, 3.63) is 159 Å². The molecule has 0 bridgehead atoms. The molecule has 6 rings (SSSR count). The first-order chi connectivity index (χ1) is 30.4. The number of hydrogen-bond acceptors (Lipinski definition) is 9. The van der Waals surface area contributed by atoms with Crippen LogP contribution in [-0.2, 0) is 35.8 Å². The van der Waals surface area contributed by atoms with Crippen LogP contribution in [0, 0.1) is 25.2 Å². The van der Waals surface area contributed by atoms with Crippen LogP contribution in [0.2, 0.25) is 5.02 Å². The van der Waals surface area contributed by atoms with Crippen LogP contribution in [0.4, 0.5) is 0 Å². The predicted octanol–water partition coefficient (Wildman–Crippen LogP) is 9.47. The van der Waals surface area contributed by atoms with E-state index >= 15 is 0 Å². The van der Waals surface area contributed by atoms with Crippen molar-refractivity contribution in [2.24, 2.45) is 0 Å². The Kier molecular flexibility index (Phi) is 16.0. The monoisotopic (exact) mass is 867 g/mol. The van der Waals surface area contributed by atoms with Gasteiger partial charge >= 0.3 is 11.9 Å². The minimum Gasteiger partial charge on any atom is -0.488 e. The molecule has 0 saturated carbocycles. The van der Waals surface area contributed by atoms with E-state index in [1.165, 1.54) is 6.20 Å². The summed E-state index contributed by atoms with van der Waals surface area (Å²) in [6.45, 7) is 5.16. The van der Waals surface area contributed by atoms with Gasteiger partial charge in [0, 0.05) is 37.1 Å². The van der Waals surface area contributed by atoms with Gasteiger partial charge in [0.05, 0.1) is 35.6 Å². The smallest absolute Gasteiger partial charge is 0.306 e. The van der Waals surface area contributed by atoms with Crippen LogP contribution in [0.3, 0.4) is 0 Å².